The van der Waals surface area contributed by atoms with Crippen molar-refractivity contribution in [1.82, 2.24) is 9.88 Å². The first kappa shape index (κ1) is 18.1. The molecule has 7 heteroatoms. The summed E-state index contributed by atoms with van der Waals surface area (Å²) in [6.45, 7) is 6.86. The number of nitrogens with zero attached hydrogens (tertiary/aromatic N) is 2. The lowest BCUT2D eigenvalue weighted by Gasteiger charge is -2.34. The van der Waals surface area contributed by atoms with Gasteiger partial charge in [0.2, 0.25) is 0 Å². The summed E-state index contributed by atoms with van der Waals surface area (Å²) in [6, 6.07) is 2.07. The smallest absolute Gasteiger partial charge is 0.267 e. The van der Waals surface area contributed by atoms with Crippen LogP contribution in [0.2, 0.25) is 0 Å². The maximum absolute atomic E-state index is 12.6. The third kappa shape index (κ3) is 4.17. The van der Waals surface area contributed by atoms with Crippen molar-refractivity contribution in [2.45, 2.75) is 58.3 Å². The minimum absolute atomic E-state index is 0.0288. The Morgan fingerprint density at radius 1 is 1.31 bits per heavy atom. The number of carbonyl (C=O) groups excluding carboxylic acids is 1. The first-order valence-electron chi connectivity index (χ1n) is 9.32. The van der Waals surface area contributed by atoms with Gasteiger partial charge in [0.25, 0.3) is 5.91 Å². The largest absolute Gasteiger partial charge is 0.373 e. The van der Waals surface area contributed by atoms with Crippen molar-refractivity contribution >= 4 is 33.7 Å². The van der Waals surface area contributed by atoms with Gasteiger partial charge in [-0.05, 0) is 51.2 Å². The average Bonchev–Trinajstić information content (AvgIpc) is 3.20. The number of nitrogens with one attached hydrogen (secondary N) is 1. The monoisotopic (exact) mass is 391 g/mol. The van der Waals surface area contributed by atoms with E-state index in [0.717, 1.165) is 43.0 Å². The van der Waals surface area contributed by atoms with Gasteiger partial charge in [0.1, 0.15) is 0 Å². The van der Waals surface area contributed by atoms with Gasteiger partial charge >= 0.3 is 0 Å². The van der Waals surface area contributed by atoms with Crippen LogP contribution in [0.25, 0.3) is 0 Å². The predicted molar refractivity (Wildman–Crippen MR) is 106 cm³/mol. The highest BCUT2D eigenvalue weighted by Gasteiger charge is 2.23. The number of aryl methyl sites for hydroxylation is 2. The van der Waals surface area contributed by atoms with Gasteiger partial charge in [0, 0.05) is 29.9 Å². The molecule has 1 aliphatic heterocycles. The molecule has 2 aromatic rings. The summed E-state index contributed by atoms with van der Waals surface area (Å²) in [5.74, 6) is -0.0288. The van der Waals surface area contributed by atoms with Gasteiger partial charge in [-0.15, -0.1) is 22.7 Å². The van der Waals surface area contributed by atoms with Gasteiger partial charge in [0.05, 0.1) is 22.8 Å². The fourth-order valence-corrected chi connectivity index (χ4v) is 5.69. The number of carbonyl (C=O) groups is 1. The van der Waals surface area contributed by atoms with Crippen molar-refractivity contribution < 1.29 is 9.53 Å². The van der Waals surface area contributed by atoms with E-state index >= 15 is 0 Å². The van der Waals surface area contributed by atoms with Gasteiger partial charge in [-0.1, -0.05) is 0 Å². The minimum atomic E-state index is -0.0288. The van der Waals surface area contributed by atoms with Gasteiger partial charge < -0.3 is 4.74 Å². The van der Waals surface area contributed by atoms with E-state index in [9.17, 15) is 4.79 Å². The zero-order valence-corrected chi connectivity index (χ0v) is 16.9. The Balaban J connectivity index is 1.37. The van der Waals surface area contributed by atoms with Gasteiger partial charge in [0.15, 0.2) is 5.13 Å². The molecule has 1 saturated heterocycles. The van der Waals surface area contributed by atoms with Gasteiger partial charge in [-0.2, -0.15) is 0 Å². The quantitative estimate of drug-likeness (QED) is 0.858. The molecule has 0 radical (unpaired) electrons. The molecule has 0 bridgehead atoms. The summed E-state index contributed by atoms with van der Waals surface area (Å²) in [5.41, 5.74) is 2.37. The molecule has 5 nitrogen and oxygen atoms in total. The molecular weight excluding hydrogens is 366 g/mol. The maximum Gasteiger partial charge on any atom is 0.267 e. The summed E-state index contributed by atoms with van der Waals surface area (Å²) >= 11 is 3.14. The number of ether oxygens (including phenoxy) is 1. The maximum atomic E-state index is 12.6. The van der Waals surface area contributed by atoms with Gasteiger partial charge in [-0.25, -0.2) is 4.98 Å². The highest BCUT2D eigenvalue weighted by molar-refractivity contribution is 7.15. The zero-order valence-electron chi connectivity index (χ0n) is 15.3. The van der Waals surface area contributed by atoms with Gasteiger partial charge in [-0.3, -0.25) is 15.0 Å². The second-order valence-electron chi connectivity index (χ2n) is 7.32. The van der Waals surface area contributed by atoms with Crippen LogP contribution in [0.5, 0.6) is 0 Å². The fourth-order valence-electron chi connectivity index (χ4n) is 3.84. The van der Waals surface area contributed by atoms with Crippen LogP contribution >= 0.6 is 22.7 Å². The molecule has 0 spiro atoms. The molecule has 4 rings (SSSR count). The zero-order chi connectivity index (χ0) is 18.1. The number of aromatic nitrogens is 1. The molecule has 2 aliphatic rings. The van der Waals surface area contributed by atoms with E-state index in [1.807, 2.05) is 5.38 Å². The molecule has 140 valence electrons. The molecule has 2 aromatic heterocycles. The van der Waals surface area contributed by atoms with Crippen LogP contribution in [0.4, 0.5) is 5.13 Å². The van der Waals surface area contributed by atoms with Crippen molar-refractivity contribution in [3.05, 3.63) is 32.5 Å². The third-order valence-corrected chi connectivity index (χ3v) is 6.92. The predicted octanol–water partition coefficient (Wildman–Crippen LogP) is 3.94. The van der Waals surface area contributed by atoms with Crippen LogP contribution in [0, 0.1) is 0 Å². The van der Waals surface area contributed by atoms with Crippen molar-refractivity contribution in [2.75, 3.05) is 18.4 Å². The van der Waals surface area contributed by atoms with Crippen molar-refractivity contribution in [1.29, 1.82) is 0 Å². The number of anilines is 1. The molecule has 0 aromatic carbocycles. The number of amides is 1. The number of morpholine rings is 1. The molecular formula is C19H25N3O2S2. The Hall–Kier alpha value is -1.28. The summed E-state index contributed by atoms with van der Waals surface area (Å²) < 4.78 is 5.78. The average molecular weight is 392 g/mol. The number of hydrogen-bond acceptors (Lipinski definition) is 6. The fraction of sp³-hybridized carbons (Fsp3) is 0.579. The number of thiazole rings is 1. The molecule has 26 heavy (non-hydrogen) atoms. The Morgan fingerprint density at radius 2 is 2.08 bits per heavy atom. The van der Waals surface area contributed by atoms with E-state index in [2.05, 4.69) is 35.1 Å². The van der Waals surface area contributed by atoms with E-state index in [-0.39, 0.29) is 18.1 Å². The summed E-state index contributed by atoms with van der Waals surface area (Å²) in [6.07, 6.45) is 5.20. The molecule has 1 fully saturated rings. The second kappa shape index (κ2) is 7.76. The molecule has 2 atom stereocenters. The molecule has 1 amide bonds. The lowest BCUT2D eigenvalue weighted by atomic mass is 9.99. The first-order valence-corrected chi connectivity index (χ1v) is 11.0. The van der Waals surface area contributed by atoms with Crippen molar-refractivity contribution in [2.24, 2.45) is 0 Å². The molecule has 2 unspecified atom stereocenters. The van der Waals surface area contributed by atoms with Crippen LogP contribution in [0.3, 0.4) is 0 Å². The van der Waals surface area contributed by atoms with Crippen molar-refractivity contribution in [3.8, 4) is 0 Å². The minimum Gasteiger partial charge on any atom is -0.373 e. The Labute approximate surface area is 162 Å². The summed E-state index contributed by atoms with van der Waals surface area (Å²) in [5, 5.41) is 5.71. The van der Waals surface area contributed by atoms with Crippen LogP contribution < -0.4 is 5.32 Å². The van der Waals surface area contributed by atoms with Crippen LogP contribution in [-0.4, -0.2) is 41.1 Å². The number of rotatable bonds is 4. The standard InChI is InChI=1S/C19H25N3O2S2/c1-12-8-22(9-13(2)24-12)10-15-11-25-19(20-15)21-18(23)17-7-14-5-3-4-6-16(14)26-17/h7,11-13H,3-6,8-10H2,1-2H3,(H,20,21,23). The second-order valence-corrected chi connectivity index (χ2v) is 9.31. The lowest BCUT2D eigenvalue weighted by molar-refractivity contribution is -0.0707. The Bertz CT molecular complexity index is 752. The molecule has 0 saturated carbocycles. The molecule has 1 aliphatic carbocycles. The first-order chi connectivity index (χ1) is 12.6. The Morgan fingerprint density at radius 3 is 2.85 bits per heavy atom. The summed E-state index contributed by atoms with van der Waals surface area (Å²) in [4.78, 5) is 21.7. The van der Waals surface area contributed by atoms with E-state index in [0.29, 0.717) is 5.13 Å². The highest BCUT2D eigenvalue weighted by Crippen LogP contribution is 2.30. The van der Waals surface area contributed by atoms with Crippen LogP contribution in [0.1, 0.15) is 52.5 Å². The summed E-state index contributed by atoms with van der Waals surface area (Å²) in [7, 11) is 0. The Kier molecular flexibility index (Phi) is 5.40. The number of hydrogen-bond donors (Lipinski definition) is 1. The van der Waals surface area contributed by atoms with E-state index in [1.54, 1.807) is 11.3 Å². The van der Waals surface area contributed by atoms with E-state index in [1.165, 1.54) is 34.6 Å². The van der Waals surface area contributed by atoms with Crippen LogP contribution in [0.15, 0.2) is 11.4 Å². The topological polar surface area (TPSA) is 54.5 Å². The SMILES string of the molecule is CC1CN(Cc2csc(NC(=O)c3cc4c(s3)CCCC4)n2)CC(C)O1. The number of thiophene rings is 1. The van der Waals surface area contributed by atoms with Crippen LogP contribution in [-0.2, 0) is 24.1 Å². The van der Waals surface area contributed by atoms with E-state index in [4.69, 9.17) is 4.74 Å². The lowest BCUT2D eigenvalue weighted by Crippen LogP contribution is -2.44. The third-order valence-electron chi connectivity index (χ3n) is 4.87. The number of fused-ring (bicyclic) bond motifs is 1. The van der Waals surface area contributed by atoms with E-state index < -0.39 is 0 Å². The molecule has 1 N–H and O–H groups in total. The molecule has 3 heterocycles. The normalized spacial score (nSPS) is 23.6. The highest BCUT2D eigenvalue weighted by atomic mass is 32.1. The van der Waals surface area contributed by atoms with Crippen molar-refractivity contribution in [3.63, 3.8) is 0 Å².